The molecule has 1 amide bonds. The maximum atomic E-state index is 12.0. The number of ether oxygens (including phenoxy) is 2. The third-order valence-corrected chi connectivity index (χ3v) is 5.09. The molecule has 0 heterocycles. The molecule has 1 atom stereocenters. The van der Waals surface area contributed by atoms with Crippen LogP contribution in [0.25, 0.3) is 0 Å². The lowest BCUT2D eigenvalue weighted by molar-refractivity contribution is -0.275. The Morgan fingerprint density at radius 3 is 2.25 bits per heavy atom. The van der Waals surface area contributed by atoms with E-state index in [2.05, 4.69) is 10.1 Å². The van der Waals surface area contributed by atoms with Gasteiger partial charge in [-0.25, -0.2) is 9.59 Å². The Morgan fingerprint density at radius 2 is 1.67 bits per heavy atom. The predicted octanol–water partition coefficient (Wildman–Crippen LogP) is 4.74. The number of aryl methyl sites for hydroxylation is 1. The van der Waals surface area contributed by atoms with E-state index >= 15 is 0 Å². The van der Waals surface area contributed by atoms with Crippen molar-refractivity contribution in [1.29, 1.82) is 0 Å². The summed E-state index contributed by atoms with van der Waals surface area (Å²) < 4.78 is 51.8. The summed E-state index contributed by atoms with van der Waals surface area (Å²) in [5.41, 5.74) is -0.278. The summed E-state index contributed by atoms with van der Waals surface area (Å²) in [5, 5.41) is 20.6. The van der Waals surface area contributed by atoms with Gasteiger partial charge in [-0.2, -0.15) is 0 Å². The third-order valence-electron chi connectivity index (χ3n) is 5.09. The molecule has 196 valence electrons. The van der Waals surface area contributed by atoms with Crippen molar-refractivity contribution in [2.75, 3.05) is 0 Å². The number of carbonyl (C=O) groups excluding carboxylic acids is 1. The monoisotopic (exact) mass is 512 g/mol. The van der Waals surface area contributed by atoms with Crippen molar-refractivity contribution in [2.24, 2.45) is 0 Å². The van der Waals surface area contributed by atoms with Crippen molar-refractivity contribution in [3.63, 3.8) is 0 Å². The molecule has 0 bridgehead atoms. The molecule has 3 rings (SSSR count). The van der Waals surface area contributed by atoms with Crippen molar-refractivity contribution in [2.45, 2.75) is 63.9 Å². The first-order valence-electron chi connectivity index (χ1n) is 11.5. The smallest absolute Gasteiger partial charge is 0.481 e. The Bertz CT molecular complexity index is 1120. The van der Waals surface area contributed by atoms with Crippen LogP contribution in [0.15, 0.2) is 48.5 Å². The molecule has 1 aliphatic rings. The van der Waals surface area contributed by atoms with Crippen LogP contribution >= 0.6 is 0 Å². The number of carboxylic acids is 2. The van der Waals surface area contributed by atoms with Crippen molar-refractivity contribution in [1.82, 2.24) is 5.32 Å². The number of amides is 1. The first-order chi connectivity index (χ1) is 17.2. The molecule has 1 aliphatic carbocycles. The molecule has 0 aromatic heterocycles. The molecule has 8 nitrogen and oxygen atoms in total. The normalized spacial score (nSPS) is 17.4. The molecule has 11 heteroatoms. The largest absolute Gasteiger partial charge is 0.573 e. The Kier molecular flexibility index (Phi) is 8.44. The van der Waals surface area contributed by atoms with E-state index in [1.807, 2.05) is 24.3 Å². The van der Waals surface area contributed by atoms with Crippen molar-refractivity contribution < 1.29 is 48.6 Å². The molecule has 1 unspecified atom stereocenters. The number of fused-ring (bicyclic) bond motifs is 1. The summed E-state index contributed by atoms with van der Waals surface area (Å²) in [4.78, 5) is 34.1. The molecule has 0 spiro atoms. The van der Waals surface area contributed by atoms with Gasteiger partial charge in [0.05, 0.1) is 6.42 Å². The van der Waals surface area contributed by atoms with E-state index in [1.54, 1.807) is 13.8 Å². The van der Waals surface area contributed by atoms with Gasteiger partial charge in [0.1, 0.15) is 16.9 Å². The summed E-state index contributed by atoms with van der Waals surface area (Å²) in [7, 11) is 0. The number of halogens is 3. The zero-order valence-corrected chi connectivity index (χ0v) is 19.7. The van der Waals surface area contributed by atoms with Crippen molar-refractivity contribution in [3.8, 4) is 5.75 Å². The molecule has 0 radical (unpaired) electrons. The van der Waals surface area contributed by atoms with E-state index in [0.29, 0.717) is 12.8 Å². The first kappa shape index (κ1) is 26.8. The molecule has 0 aliphatic heterocycles. The second kappa shape index (κ2) is 11.3. The number of carboxylic acid groups (broad SMARTS) is 2. The number of hydrogen-bond acceptors (Lipinski definition) is 5. The topological polar surface area (TPSA) is 122 Å². The lowest BCUT2D eigenvalue weighted by Crippen LogP contribution is -2.58. The summed E-state index contributed by atoms with van der Waals surface area (Å²) in [6.07, 6.45) is -4.98. The highest BCUT2D eigenvalue weighted by Gasteiger charge is 2.43. The fourth-order valence-electron chi connectivity index (χ4n) is 3.59. The van der Waals surface area contributed by atoms with Crippen LogP contribution in [-0.2, 0) is 33.6 Å². The summed E-state index contributed by atoms with van der Waals surface area (Å²) in [5.74, 6) is -2.76. The van der Waals surface area contributed by atoms with E-state index in [1.165, 1.54) is 18.2 Å². The second-order valence-electron chi connectivity index (χ2n) is 8.83. The Balaban J connectivity index is 0.000000281. The number of para-hydroxylation sites is 1. The third kappa shape index (κ3) is 8.79. The zero-order valence-electron chi connectivity index (χ0n) is 20.7. The van der Waals surface area contributed by atoms with Crippen LogP contribution in [0.5, 0.6) is 5.75 Å². The molecular formula is C25H28F3NO7. The van der Waals surface area contributed by atoms with Gasteiger partial charge in [0.15, 0.2) is 0 Å². The highest BCUT2D eigenvalue weighted by Crippen LogP contribution is 2.30. The predicted molar refractivity (Wildman–Crippen MR) is 123 cm³/mol. The van der Waals surface area contributed by atoms with Gasteiger partial charge in [0, 0.05) is 13.4 Å². The Hall–Kier alpha value is -3.76. The minimum atomic E-state index is -4.81. The van der Waals surface area contributed by atoms with Crippen LogP contribution in [0.1, 0.15) is 45.2 Å². The van der Waals surface area contributed by atoms with Crippen molar-refractivity contribution >= 4 is 18.0 Å². The van der Waals surface area contributed by atoms with Gasteiger partial charge >= 0.3 is 24.4 Å². The summed E-state index contributed by atoms with van der Waals surface area (Å²) >= 11 is 0. The van der Waals surface area contributed by atoms with E-state index in [-0.39, 0.29) is 18.9 Å². The molecule has 2 aromatic carbocycles. The molecule has 0 saturated carbocycles. The summed E-state index contributed by atoms with van der Waals surface area (Å²) in [6, 6.07) is 12.8. The van der Waals surface area contributed by atoms with E-state index < -0.39 is 47.7 Å². The molecule has 36 heavy (non-hydrogen) atoms. The Morgan fingerprint density at radius 1 is 1.06 bits per heavy atom. The average Bonchev–Trinajstić information content (AvgIpc) is 2.79. The number of carbonyl (C=O) groups is 3. The van der Waals surface area contributed by atoms with Gasteiger partial charge in [0.2, 0.25) is 0 Å². The number of hydrogen-bond donors (Lipinski definition) is 3. The van der Waals surface area contributed by atoms with E-state index in [0.717, 1.165) is 17.2 Å². The standard InChI is InChI=1S/C16H21NO4.C9H7F3O3/c1-15(2,3)21-14(20)17-16(13(18)19)9-8-11-6-4-5-7-12(11)10-16;10-9(11,12)15-7-4-2-1-3-6(7)5-8(13)14/h4-7H,8-10H2,1-3H3,(H,17,20)(H,18,19);1-4H,5H2,(H,13,14)/i1D;. The maximum Gasteiger partial charge on any atom is 0.573 e. The lowest BCUT2D eigenvalue weighted by Gasteiger charge is -2.35. The summed E-state index contributed by atoms with van der Waals surface area (Å²) in [6.45, 7) is 3.13. The second-order valence-corrected chi connectivity index (χ2v) is 8.83. The number of alkyl halides is 3. The lowest BCUT2D eigenvalue weighted by atomic mass is 9.78. The fraction of sp³-hybridized carbons (Fsp3) is 0.400. The number of rotatable bonds is 5. The minimum absolute atomic E-state index is 0.0117. The average molecular weight is 512 g/mol. The molecule has 0 saturated heterocycles. The van der Waals surface area contributed by atoms with Gasteiger partial charge in [0.25, 0.3) is 0 Å². The number of alkyl carbamates (subject to hydrolysis) is 1. The van der Waals surface area contributed by atoms with Crippen LogP contribution in [0.2, 0.25) is 0 Å². The van der Waals surface area contributed by atoms with Gasteiger partial charge in [-0.3, -0.25) is 4.79 Å². The van der Waals surface area contributed by atoms with Crippen LogP contribution in [0.3, 0.4) is 0 Å². The van der Waals surface area contributed by atoms with Gasteiger partial charge < -0.3 is 25.0 Å². The minimum Gasteiger partial charge on any atom is -0.481 e. The number of aliphatic carboxylic acids is 2. The molecule has 2 aromatic rings. The zero-order chi connectivity index (χ0) is 27.9. The first-order valence-corrected chi connectivity index (χ1v) is 10.8. The maximum absolute atomic E-state index is 12.0. The highest BCUT2D eigenvalue weighted by molar-refractivity contribution is 5.85. The van der Waals surface area contributed by atoms with Crippen molar-refractivity contribution in [3.05, 3.63) is 65.2 Å². The van der Waals surface area contributed by atoms with Gasteiger partial charge in [-0.05, 0) is 50.8 Å². The Labute approximate surface area is 207 Å². The molecular weight excluding hydrogens is 483 g/mol. The molecule has 3 N–H and O–H groups in total. The number of benzene rings is 2. The van der Waals surface area contributed by atoms with Crippen LogP contribution in [-0.4, -0.2) is 45.7 Å². The SMILES string of the molecule is O=C(O)Cc1ccccc1OC(F)(F)F.[2H]CC(C)(C)OC(=O)NC1(C(=O)O)CCc2ccccc2C1. The fourth-order valence-corrected chi connectivity index (χ4v) is 3.59. The van der Waals surface area contributed by atoms with E-state index in [4.69, 9.17) is 11.2 Å². The quantitative estimate of drug-likeness (QED) is 0.529. The number of nitrogens with one attached hydrogen (secondary N) is 1. The highest BCUT2D eigenvalue weighted by atomic mass is 19.4. The van der Waals surface area contributed by atoms with Crippen LogP contribution < -0.4 is 10.1 Å². The van der Waals surface area contributed by atoms with E-state index in [9.17, 15) is 32.7 Å². The van der Waals surface area contributed by atoms with Crippen LogP contribution in [0, 0.1) is 0 Å². The van der Waals surface area contributed by atoms with Gasteiger partial charge in [-0.15, -0.1) is 13.2 Å². The molecule has 0 fully saturated rings. The van der Waals surface area contributed by atoms with Gasteiger partial charge in [-0.1, -0.05) is 42.5 Å². The van der Waals surface area contributed by atoms with Crippen LogP contribution in [0.4, 0.5) is 18.0 Å².